The highest BCUT2D eigenvalue weighted by atomic mass is 79.9. The molecule has 23 heavy (non-hydrogen) atoms. The van der Waals surface area contributed by atoms with Gasteiger partial charge in [0.15, 0.2) is 0 Å². The summed E-state index contributed by atoms with van der Waals surface area (Å²) in [5, 5.41) is 5.29. The first-order valence-corrected chi connectivity index (χ1v) is 7.55. The van der Waals surface area contributed by atoms with E-state index in [2.05, 4.69) is 26.6 Å². The van der Waals surface area contributed by atoms with Gasteiger partial charge < -0.3 is 10.6 Å². The first-order valence-electron chi connectivity index (χ1n) is 6.76. The fourth-order valence-corrected chi connectivity index (χ4v) is 2.21. The van der Waals surface area contributed by atoms with Gasteiger partial charge in [0.2, 0.25) is 11.8 Å². The lowest BCUT2D eigenvalue weighted by atomic mass is 10.2. The number of anilines is 2. The Morgan fingerprint density at radius 1 is 1.04 bits per heavy atom. The van der Waals surface area contributed by atoms with Crippen molar-refractivity contribution >= 4 is 45.2 Å². The van der Waals surface area contributed by atoms with E-state index >= 15 is 0 Å². The third-order valence-corrected chi connectivity index (χ3v) is 3.34. The molecule has 2 N–H and O–H groups in total. The molecule has 2 amide bonds. The van der Waals surface area contributed by atoms with Crippen LogP contribution in [0.1, 0.15) is 12.5 Å². The molecule has 0 atom stereocenters. The zero-order valence-corrected chi connectivity index (χ0v) is 13.9. The van der Waals surface area contributed by atoms with E-state index in [0.717, 1.165) is 4.47 Å². The molecule has 0 bridgehead atoms. The standard InChI is InChI=1S/C17H14BrFN2O2/c1-11(22)20-14-4-6-15(7-5-14)21-17(23)9-2-12-10-13(18)3-8-16(12)19/h2-10H,1H3,(H,20,22)(H,21,23). The zero-order chi connectivity index (χ0) is 16.8. The lowest BCUT2D eigenvalue weighted by Gasteiger charge is -2.05. The van der Waals surface area contributed by atoms with Crippen LogP contribution in [0.4, 0.5) is 15.8 Å². The molecule has 0 spiro atoms. The number of carbonyl (C=O) groups is 2. The molecule has 0 aliphatic carbocycles. The summed E-state index contributed by atoms with van der Waals surface area (Å²) in [5.41, 5.74) is 1.53. The second-order valence-electron chi connectivity index (χ2n) is 4.75. The number of hydrogen-bond acceptors (Lipinski definition) is 2. The largest absolute Gasteiger partial charge is 0.326 e. The van der Waals surface area contributed by atoms with Crippen molar-refractivity contribution in [2.45, 2.75) is 6.92 Å². The van der Waals surface area contributed by atoms with Crippen LogP contribution in [-0.2, 0) is 9.59 Å². The summed E-state index contributed by atoms with van der Waals surface area (Å²) in [6.07, 6.45) is 2.66. The normalized spacial score (nSPS) is 10.6. The monoisotopic (exact) mass is 376 g/mol. The maximum absolute atomic E-state index is 13.6. The van der Waals surface area contributed by atoms with Gasteiger partial charge in [-0.15, -0.1) is 0 Å². The Hall–Kier alpha value is -2.47. The highest BCUT2D eigenvalue weighted by Gasteiger charge is 2.02. The predicted octanol–water partition coefficient (Wildman–Crippen LogP) is 4.20. The van der Waals surface area contributed by atoms with Crippen LogP contribution >= 0.6 is 15.9 Å². The van der Waals surface area contributed by atoms with Gasteiger partial charge in [-0.1, -0.05) is 15.9 Å². The summed E-state index contributed by atoms with van der Waals surface area (Å²) in [6, 6.07) is 11.2. The summed E-state index contributed by atoms with van der Waals surface area (Å²) in [5.74, 6) is -0.950. The zero-order valence-electron chi connectivity index (χ0n) is 12.3. The molecule has 118 valence electrons. The molecule has 0 fully saturated rings. The summed E-state index contributed by atoms with van der Waals surface area (Å²) < 4.78 is 14.3. The molecule has 2 aromatic rings. The van der Waals surface area contributed by atoms with Crippen LogP contribution in [0.2, 0.25) is 0 Å². The quantitative estimate of drug-likeness (QED) is 0.785. The van der Waals surface area contributed by atoms with Gasteiger partial charge in [0.1, 0.15) is 5.82 Å². The van der Waals surface area contributed by atoms with Crippen molar-refractivity contribution in [2.24, 2.45) is 0 Å². The van der Waals surface area contributed by atoms with E-state index in [1.165, 1.54) is 25.1 Å². The molecule has 0 saturated carbocycles. The molecular formula is C17H14BrFN2O2. The highest BCUT2D eigenvalue weighted by Crippen LogP contribution is 2.17. The van der Waals surface area contributed by atoms with Gasteiger partial charge in [0, 0.05) is 34.4 Å². The molecule has 0 unspecified atom stereocenters. The van der Waals surface area contributed by atoms with Gasteiger partial charge >= 0.3 is 0 Å². The lowest BCUT2D eigenvalue weighted by molar-refractivity contribution is -0.114. The third-order valence-electron chi connectivity index (χ3n) is 2.85. The summed E-state index contributed by atoms with van der Waals surface area (Å²) in [6.45, 7) is 1.42. The molecule has 0 aliphatic heterocycles. The number of nitrogens with one attached hydrogen (secondary N) is 2. The van der Waals surface area contributed by atoms with Crippen LogP contribution in [0.25, 0.3) is 6.08 Å². The van der Waals surface area contributed by atoms with E-state index in [9.17, 15) is 14.0 Å². The van der Waals surface area contributed by atoms with Crippen molar-refractivity contribution in [3.8, 4) is 0 Å². The maximum Gasteiger partial charge on any atom is 0.248 e. The van der Waals surface area contributed by atoms with Crippen molar-refractivity contribution in [3.63, 3.8) is 0 Å². The average Bonchev–Trinajstić information content (AvgIpc) is 2.50. The summed E-state index contributed by atoms with van der Waals surface area (Å²) in [4.78, 5) is 22.8. The average molecular weight is 377 g/mol. The van der Waals surface area contributed by atoms with E-state index in [-0.39, 0.29) is 11.8 Å². The van der Waals surface area contributed by atoms with Gasteiger partial charge in [-0.3, -0.25) is 9.59 Å². The molecular weight excluding hydrogens is 363 g/mol. The van der Waals surface area contributed by atoms with Crippen molar-refractivity contribution < 1.29 is 14.0 Å². The minimum atomic E-state index is -0.406. The first-order chi connectivity index (χ1) is 10.9. The van der Waals surface area contributed by atoms with Crippen molar-refractivity contribution in [1.82, 2.24) is 0 Å². The predicted molar refractivity (Wildman–Crippen MR) is 92.5 cm³/mol. The maximum atomic E-state index is 13.6. The number of halogens is 2. The van der Waals surface area contributed by atoms with Crippen molar-refractivity contribution in [1.29, 1.82) is 0 Å². The molecule has 0 saturated heterocycles. The van der Waals surface area contributed by atoms with Crippen molar-refractivity contribution in [2.75, 3.05) is 10.6 Å². The molecule has 0 aromatic heterocycles. The molecule has 6 heteroatoms. The van der Waals surface area contributed by atoms with Gasteiger partial charge in [0.05, 0.1) is 0 Å². The van der Waals surface area contributed by atoms with Crippen molar-refractivity contribution in [3.05, 3.63) is 64.4 Å². The molecule has 2 rings (SSSR count). The Labute approximate surface area is 141 Å². The number of hydrogen-bond donors (Lipinski definition) is 2. The van der Waals surface area contributed by atoms with E-state index in [0.29, 0.717) is 16.9 Å². The third kappa shape index (κ3) is 5.34. The van der Waals surface area contributed by atoms with E-state index < -0.39 is 5.82 Å². The summed E-state index contributed by atoms with van der Waals surface area (Å²) >= 11 is 3.25. The van der Waals surface area contributed by atoms with Gasteiger partial charge in [-0.05, 0) is 48.5 Å². The van der Waals surface area contributed by atoms with Crippen LogP contribution < -0.4 is 10.6 Å². The molecule has 0 heterocycles. The first kappa shape index (κ1) is 16.9. The van der Waals surface area contributed by atoms with E-state index in [1.807, 2.05) is 0 Å². The molecule has 0 radical (unpaired) electrons. The van der Waals surface area contributed by atoms with Gasteiger partial charge in [-0.2, -0.15) is 0 Å². The molecule has 4 nitrogen and oxygen atoms in total. The van der Waals surface area contributed by atoms with Crippen LogP contribution in [-0.4, -0.2) is 11.8 Å². The number of rotatable bonds is 4. The Bertz CT molecular complexity index is 758. The smallest absolute Gasteiger partial charge is 0.248 e. The second kappa shape index (κ2) is 7.69. The minimum absolute atomic E-state index is 0.166. The fraction of sp³-hybridized carbons (Fsp3) is 0.0588. The second-order valence-corrected chi connectivity index (χ2v) is 5.66. The van der Waals surface area contributed by atoms with Crippen LogP contribution in [0.3, 0.4) is 0 Å². The fourth-order valence-electron chi connectivity index (χ4n) is 1.83. The highest BCUT2D eigenvalue weighted by molar-refractivity contribution is 9.10. The Balaban J connectivity index is 2.00. The number of amides is 2. The van der Waals surface area contributed by atoms with Crippen LogP contribution in [0, 0.1) is 5.82 Å². The minimum Gasteiger partial charge on any atom is -0.326 e. The van der Waals surface area contributed by atoms with Crippen LogP contribution in [0.15, 0.2) is 53.0 Å². The van der Waals surface area contributed by atoms with E-state index in [1.54, 1.807) is 36.4 Å². The number of carbonyl (C=O) groups excluding carboxylic acids is 2. The SMILES string of the molecule is CC(=O)Nc1ccc(NC(=O)C=Cc2cc(Br)ccc2F)cc1. The number of benzene rings is 2. The Morgan fingerprint density at radius 2 is 1.65 bits per heavy atom. The van der Waals surface area contributed by atoms with Gasteiger partial charge in [0.25, 0.3) is 0 Å². The van der Waals surface area contributed by atoms with E-state index in [4.69, 9.17) is 0 Å². The van der Waals surface area contributed by atoms with Gasteiger partial charge in [-0.25, -0.2) is 4.39 Å². The molecule has 0 aliphatic rings. The lowest BCUT2D eigenvalue weighted by Crippen LogP contribution is -2.08. The Morgan fingerprint density at radius 3 is 2.26 bits per heavy atom. The summed E-state index contributed by atoms with van der Waals surface area (Å²) in [7, 11) is 0. The topological polar surface area (TPSA) is 58.2 Å². The van der Waals surface area contributed by atoms with Crippen LogP contribution in [0.5, 0.6) is 0 Å². The molecule has 2 aromatic carbocycles. The Kier molecular flexibility index (Phi) is 5.65.